The minimum Gasteiger partial charge on any atom is -0.368 e. The third-order valence-electron chi connectivity index (χ3n) is 5.08. The van der Waals surface area contributed by atoms with E-state index in [0.717, 1.165) is 29.9 Å². The van der Waals surface area contributed by atoms with E-state index in [4.69, 9.17) is 0 Å². The van der Waals surface area contributed by atoms with E-state index in [1.165, 1.54) is 0 Å². The minimum absolute atomic E-state index is 0.0304. The average Bonchev–Trinajstić information content (AvgIpc) is 2.70. The molecule has 1 aromatic carbocycles. The van der Waals surface area contributed by atoms with Crippen molar-refractivity contribution in [3.8, 4) is 0 Å². The zero-order valence-electron chi connectivity index (χ0n) is 16.3. The van der Waals surface area contributed by atoms with E-state index in [9.17, 15) is 13.2 Å². The second kappa shape index (κ2) is 8.70. The van der Waals surface area contributed by atoms with E-state index in [-0.39, 0.29) is 23.8 Å². The van der Waals surface area contributed by atoms with Gasteiger partial charge in [-0.15, -0.1) is 0 Å². The molecular formula is C20H26N4O3S. The number of aromatic nitrogens is 1. The van der Waals surface area contributed by atoms with Gasteiger partial charge in [0.25, 0.3) is 0 Å². The van der Waals surface area contributed by atoms with Crippen LogP contribution in [-0.4, -0.2) is 56.9 Å². The lowest BCUT2D eigenvalue weighted by molar-refractivity contribution is -0.131. The monoisotopic (exact) mass is 402 g/mol. The molecule has 150 valence electrons. The maximum absolute atomic E-state index is 12.4. The predicted molar refractivity (Wildman–Crippen MR) is 109 cm³/mol. The molecule has 1 aliphatic heterocycles. The topological polar surface area (TPSA) is 82.6 Å². The van der Waals surface area contributed by atoms with Crippen molar-refractivity contribution in [1.29, 1.82) is 0 Å². The number of nitrogens with zero attached hydrogens (tertiary/aromatic N) is 3. The second-order valence-electron chi connectivity index (χ2n) is 6.97. The molecule has 1 amide bonds. The summed E-state index contributed by atoms with van der Waals surface area (Å²) in [6.07, 6.45) is 3.67. The van der Waals surface area contributed by atoms with Crippen molar-refractivity contribution >= 4 is 21.6 Å². The normalized spacial score (nSPS) is 14.9. The van der Waals surface area contributed by atoms with Gasteiger partial charge in [-0.3, -0.25) is 9.78 Å². The Hall–Kier alpha value is -2.45. The Labute approximate surface area is 166 Å². The highest BCUT2D eigenvalue weighted by Crippen LogP contribution is 2.16. The first-order valence-electron chi connectivity index (χ1n) is 9.36. The molecule has 0 atom stereocenters. The number of hydrogen-bond donors (Lipinski definition) is 1. The van der Waals surface area contributed by atoms with E-state index in [0.29, 0.717) is 13.1 Å². The van der Waals surface area contributed by atoms with Crippen molar-refractivity contribution in [2.45, 2.75) is 25.2 Å². The molecule has 0 spiro atoms. The standard InChI is InChI=1S/C20H26N4O3S/c1-16-3-4-19(15-17(16)2)28(26,27)22-10-7-20(25)24-13-11-23(12-14-24)18-5-8-21-9-6-18/h3-6,8-9,15,22H,7,10-14H2,1-2H3. The van der Waals surface area contributed by atoms with Crippen LogP contribution >= 0.6 is 0 Å². The highest BCUT2D eigenvalue weighted by molar-refractivity contribution is 7.89. The molecule has 0 unspecified atom stereocenters. The average molecular weight is 403 g/mol. The van der Waals surface area contributed by atoms with Crippen LogP contribution in [0.2, 0.25) is 0 Å². The number of rotatable bonds is 6. The Morgan fingerprint density at radius 2 is 1.71 bits per heavy atom. The number of amides is 1. The lowest BCUT2D eigenvalue weighted by atomic mass is 10.1. The van der Waals surface area contributed by atoms with Crippen LogP contribution in [0.5, 0.6) is 0 Å². The fraction of sp³-hybridized carbons (Fsp3) is 0.400. The molecule has 1 aromatic heterocycles. The zero-order chi connectivity index (χ0) is 20.1. The Bertz CT molecular complexity index is 924. The largest absolute Gasteiger partial charge is 0.368 e. The van der Waals surface area contributed by atoms with E-state index < -0.39 is 10.0 Å². The van der Waals surface area contributed by atoms with Gasteiger partial charge in [0, 0.05) is 57.2 Å². The smallest absolute Gasteiger partial charge is 0.240 e. The van der Waals surface area contributed by atoms with Gasteiger partial charge < -0.3 is 9.80 Å². The van der Waals surface area contributed by atoms with Crippen LogP contribution in [0.1, 0.15) is 17.5 Å². The molecule has 2 heterocycles. The minimum atomic E-state index is -3.61. The second-order valence-corrected chi connectivity index (χ2v) is 8.73. The van der Waals surface area contributed by atoms with Crippen LogP contribution in [-0.2, 0) is 14.8 Å². The number of pyridine rings is 1. The molecule has 0 saturated carbocycles. The molecule has 8 heteroatoms. The third kappa shape index (κ3) is 4.88. The van der Waals surface area contributed by atoms with E-state index in [2.05, 4.69) is 14.6 Å². The van der Waals surface area contributed by atoms with Crippen molar-refractivity contribution in [1.82, 2.24) is 14.6 Å². The van der Waals surface area contributed by atoms with Crippen LogP contribution in [0.4, 0.5) is 5.69 Å². The number of carbonyl (C=O) groups is 1. The highest BCUT2D eigenvalue weighted by Gasteiger charge is 2.22. The fourth-order valence-electron chi connectivity index (χ4n) is 3.18. The molecular weight excluding hydrogens is 376 g/mol. The molecule has 1 saturated heterocycles. The van der Waals surface area contributed by atoms with Gasteiger partial charge >= 0.3 is 0 Å². The Kier molecular flexibility index (Phi) is 6.31. The van der Waals surface area contributed by atoms with Gasteiger partial charge in [0.15, 0.2) is 0 Å². The molecule has 0 bridgehead atoms. The first kappa shape index (κ1) is 20.3. The highest BCUT2D eigenvalue weighted by atomic mass is 32.2. The third-order valence-corrected chi connectivity index (χ3v) is 6.54. The summed E-state index contributed by atoms with van der Waals surface area (Å²) >= 11 is 0. The lowest BCUT2D eigenvalue weighted by Crippen LogP contribution is -2.49. The van der Waals surface area contributed by atoms with Crippen LogP contribution in [0, 0.1) is 13.8 Å². The summed E-state index contributed by atoms with van der Waals surface area (Å²) in [6.45, 7) is 6.68. The van der Waals surface area contributed by atoms with Crippen LogP contribution in [0.15, 0.2) is 47.6 Å². The first-order valence-corrected chi connectivity index (χ1v) is 10.8. The summed E-state index contributed by atoms with van der Waals surface area (Å²) in [4.78, 5) is 20.7. The number of sulfonamides is 1. The van der Waals surface area contributed by atoms with Crippen LogP contribution < -0.4 is 9.62 Å². The van der Waals surface area contributed by atoms with Gasteiger partial charge in [-0.05, 0) is 49.2 Å². The summed E-state index contributed by atoms with van der Waals surface area (Å²) in [7, 11) is -3.61. The SMILES string of the molecule is Cc1ccc(S(=O)(=O)NCCC(=O)N2CCN(c3ccncc3)CC2)cc1C. The lowest BCUT2D eigenvalue weighted by Gasteiger charge is -2.36. The Morgan fingerprint density at radius 1 is 1.04 bits per heavy atom. The summed E-state index contributed by atoms with van der Waals surface area (Å²) in [5, 5.41) is 0. The van der Waals surface area contributed by atoms with Gasteiger partial charge in [-0.1, -0.05) is 6.07 Å². The molecule has 2 aromatic rings. The van der Waals surface area contributed by atoms with Crippen molar-refractivity contribution in [3.63, 3.8) is 0 Å². The number of aryl methyl sites for hydroxylation is 2. The number of hydrogen-bond acceptors (Lipinski definition) is 5. The van der Waals surface area contributed by atoms with Crippen molar-refractivity contribution < 1.29 is 13.2 Å². The zero-order valence-corrected chi connectivity index (χ0v) is 17.1. The number of carbonyl (C=O) groups excluding carboxylic acids is 1. The van der Waals surface area contributed by atoms with E-state index in [1.807, 2.05) is 26.0 Å². The Balaban J connectivity index is 1.47. The summed E-state index contributed by atoms with van der Waals surface area (Å²) in [5.41, 5.74) is 3.06. The van der Waals surface area contributed by atoms with Crippen molar-refractivity contribution in [3.05, 3.63) is 53.9 Å². The van der Waals surface area contributed by atoms with Crippen LogP contribution in [0.3, 0.4) is 0 Å². The number of anilines is 1. The maximum atomic E-state index is 12.4. The van der Waals surface area contributed by atoms with Gasteiger partial charge in [0.2, 0.25) is 15.9 Å². The number of nitrogens with one attached hydrogen (secondary N) is 1. The molecule has 3 rings (SSSR count). The first-order chi connectivity index (χ1) is 13.4. The number of benzene rings is 1. The van der Waals surface area contributed by atoms with Crippen molar-refractivity contribution in [2.24, 2.45) is 0 Å². The van der Waals surface area contributed by atoms with Gasteiger partial charge in [-0.2, -0.15) is 0 Å². The van der Waals surface area contributed by atoms with Gasteiger partial charge in [-0.25, -0.2) is 13.1 Å². The predicted octanol–water partition coefficient (Wildman–Crippen LogP) is 1.72. The molecule has 0 radical (unpaired) electrons. The Morgan fingerprint density at radius 3 is 2.36 bits per heavy atom. The molecule has 1 N–H and O–H groups in total. The molecule has 7 nitrogen and oxygen atoms in total. The fourth-order valence-corrected chi connectivity index (χ4v) is 4.30. The number of piperazine rings is 1. The van der Waals surface area contributed by atoms with Crippen LogP contribution in [0.25, 0.3) is 0 Å². The maximum Gasteiger partial charge on any atom is 0.240 e. The summed E-state index contributed by atoms with van der Waals surface area (Å²) < 4.78 is 27.3. The van der Waals surface area contributed by atoms with Gasteiger partial charge in [0.05, 0.1) is 4.90 Å². The van der Waals surface area contributed by atoms with E-state index >= 15 is 0 Å². The van der Waals surface area contributed by atoms with E-state index in [1.54, 1.807) is 35.5 Å². The van der Waals surface area contributed by atoms with Crippen molar-refractivity contribution in [2.75, 3.05) is 37.6 Å². The molecule has 1 aliphatic rings. The molecule has 1 fully saturated rings. The van der Waals surface area contributed by atoms with Gasteiger partial charge in [0.1, 0.15) is 0 Å². The quantitative estimate of drug-likeness (QED) is 0.796. The molecule has 28 heavy (non-hydrogen) atoms. The summed E-state index contributed by atoms with van der Waals surface area (Å²) in [6, 6.07) is 8.94. The summed E-state index contributed by atoms with van der Waals surface area (Å²) in [5.74, 6) is -0.0304. The molecule has 0 aliphatic carbocycles.